The molecule has 0 aliphatic carbocycles. The van der Waals surface area contributed by atoms with Crippen molar-refractivity contribution in [2.45, 2.75) is 19.9 Å². The SMILES string of the molecule is C/C(=C/CN[C@H](C)c1ccccc1F)C(=O)O. The van der Waals surface area contributed by atoms with Crippen molar-refractivity contribution in [2.75, 3.05) is 6.54 Å². The molecule has 0 heterocycles. The third-order valence-electron chi connectivity index (χ3n) is 2.54. The highest BCUT2D eigenvalue weighted by molar-refractivity contribution is 5.85. The molecule has 0 saturated carbocycles. The average Bonchev–Trinajstić information content (AvgIpc) is 2.29. The van der Waals surface area contributed by atoms with Gasteiger partial charge in [-0.05, 0) is 19.9 Å². The summed E-state index contributed by atoms with van der Waals surface area (Å²) in [5.74, 6) is -1.20. The summed E-state index contributed by atoms with van der Waals surface area (Å²) in [5, 5.41) is 11.7. The lowest BCUT2D eigenvalue weighted by Gasteiger charge is -2.13. The number of nitrogens with one attached hydrogen (secondary N) is 1. The Morgan fingerprint density at radius 1 is 1.53 bits per heavy atom. The molecule has 92 valence electrons. The second-order valence-electron chi connectivity index (χ2n) is 3.84. The van der Waals surface area contributed by atoms with E-state index in [0.29, 0.717) is 12.1 Å². The van der Waals surface area contributed by atoms with Gasteiger partial charge in [-0.1, -0.05) is 24.3 Å². The lowest BCUT2D eigenvalue weighted by Crippen LogP contribution is -2.20. The molecule has 1 rings (SSSR count). The minimum atomic E-state index is -0.939. The smallest absolute Gasteiger partial charge is 0.330 e. The molecule has 1 aromatic carbocycles. The van der Waals surface area contributed by atoms with Crippen LogP contribution in [-0.2, 0) is 4.79 Å². The topological polar surface area (TPSA) is 49.3 Å². The van der Waals surface area contributed by atoms with E-state index in [9.17, 15) is 9.18 Å². The number of carbonyl (C=O) groups is 1. The zero-order chi connectivity index (χ0) is 12.8. The van der Waals surface area contributed by atoms with Gasteiger partial charge in [-0.3, -0.25) is 0 Å². The maximum atomic E-state index is 13.4. The molecule has 17 heavy (non-hydrogen) atoms. The van der Waals surface area contributed by atoms with Gasteiger partial charge in [0.25, 0.3) is 0 Å². The maximum absolute atomic E-state index is 13.4. The first kappa shape index (κ1) is 13.4. The summed E-state index contributed by atoms with van der Waals surface area (Å²) >= 11 is 0. The largest absolute Gasteiger partial charge is 0.478 e. The van der Waals surface area contributed by atoms with Crippen LogP contribution in [0, 0.1) is 5.82 Å². The highest BCUT2D eigenvalue weighted by atomic mass is 19.1. The van der Waals surface area contributed by atoms with Gasteiger partial charge < -0.3 is 10.4 Å². The molecule has 0 unspecified atom stereocenters. The highest BCUT2D eigenvalue weighted by Crippen LogP contribution is 2.15. The Balaban J connectivity index is 2.57. The van der Waals surface area contributed by atoms with E-state index in [4.69, 9.17) is 5.11 Å². The standard InChI is InChI=1S/C13H16FNO2/c1-9(13(16)17)7-8-15-10(2)11-5-3-4-6-12(11)14/h3-7,10,15H,8H2,1-2H3,(H,16,17)/b9-7-/t10-/m1/s1. The van der Waals surface area contributed by atoms with Crippen molar-refractivity contribution in [1.29, 1.82) is 0 Å². The van der Waals surface area contributed by atoms with E-state index in [1.54, 1.807) is 24.3 Å². The summed E-state index contributed by atoms with van der Waals surface area (Å²) in [6, 6.07) is 6.37. The van der Waals surface area contributed by atoms with Gasteiger partial charge in [0.15, 0.2) is 0 Å². The molecule has 0 aliphatic rings. The molecule has 0 amide bonds. The predicted molar refractivity (Wildman–Crippen MR) is 64.2 cm³/mol. The van der Waals surface area contributed by atoms with Crippen LogP contribution >= 0.6 is 0 Å². The number of carboxylic acids is 1. The fourth-order valence-electron chi connectivity index (χ4n) is 1.41. The molecule has 0 fully saturated rings. The Hall–Kier alpha value is -1.68. The molecule has 0 saturated heterocycles. The fourth-order valence-corrected chi connectivity index (χ4v) is 1.41. The maximum Gasteiger partial charge on any atom is 0.330 e. The molecule has 0 bridgehead atoms. The fraction of sp³-hybridized carbons (Fsp3) is 0.308. The van der Waals surface area contributed by atoms with Crippen molar-refractivity contribution in [1.82, 2.24) is 5.32 Å². The molecule has 3 nitrogen and oxygen atoms in total. The summed E-state index contributed by atoms with van der Waals surface area (Å²) in [6.07, 6.45) is 1.57. The van der Waals surface area contributed by atoms with Crippen molar-refractivity contribution in [3.05, 3.63) is 47.3 Å². The van der Waals surface area contributed by atoms with Crippen molar-refractivity contribution >= 4 is 5.97 Å². The third-order valence-corrected chi connectivity index (χ3v) is 2.54. The molecule has 1 aromatic rings. The molecular weight excluding hydrogens is 221 g/mol. The minimum Gasteiger partial charge on any atom is -0.478 e. The van der Waals surface area contributed by atoms with Crippen LogP contribution in [0.3, 0.4) is 0 Å². The summed E-state index contributed by atoms with van der Waals surface area (Å²) in [6.45, 7) is 3.76. The quantitative estimate of drug-likeness (QED) is 0.773. The number of hydrogen-bond donors (Lipinski definition) is 2. The third kappa shape index (κ3) is 4.00. The lowest BCUT2D eigenvalue weighted by atomic mass is 10.1. The van der Waals surface area contributed by atoms with E-state index < -0.39 is 5.97 Å². The van der Waals surface area contributed by atoms with E-state index in [0.717, 1.165) is 0 Å². The normalized spacial score (nSPS) is 13.5. The lowest BCUT2D eigenvalue weighted by molar-refractivity contribution is -0.132. The van der Waals surface area contributed by atoms with Crippen LogP contribution in [0.2, 0.25) is 0 Å². The van der Waals surface area contributed by atoms with Gasteiger partial charge >= 0.3 is 5.97 Å². The number of carboxylic acid groups (broad SMARTS) is 1. The minimum absolute atomic E-state index is 0.158. The van der Waals surface area contributed by atoms with Crippen LogP contribution in [0.1, 0.15) is 25.5 Å². The van der Waals surface area contributed by atoms with E-state index in [-0.39, 0.29) is 17.4 Å². The summed E-state index contributed by atoms with van der Waals surface area (Å²) < 4.78 is 13.4. The second-order valence-corrected chi connectivity index (χ2v) is 3.84. The molecule has 4 heteroatoms. The Labute approximate surface area is 100.0 Å². The average molecular weight is 237 g/mol. The Morgan fingerprint density at radius 2 is 2.18 bits per heavy atom. The van der Waals surface area contributed by atoms with Gasteiger partial charge in [0.1, 0.15) is 5.82 Å². The molecule has 0 spiro atoms. The predicted octanol–water partition coefficient (Wildman–Crippen LogP) is 2.51. The van der Waals surface area contributed by atoms with E-state index in [1.807, 2.05) is 6.92 Å². The van der Waals surface area contributed by atoms with E-state index in [1.165, 1.54) is 13.0 Å². The van der Waals surface area contributed by atoms with Gasteiger partial charge in [-0.2, -0.15) is 0 Å². The molecule has 0 aliphatic heterocycles. The molecule has 0 radical (unpaired) electrons. The van der Waals surface area contributed by atoms with Crippen LogP contribution < -0.4 is 5.32 Å². The van der Waals surface area contributed by atoms with E-state index >= 15 is 0 Å². The Morgan fingerprint density at radius 3 is 2.76 bits per heavy atom. The van der Waals surface area contributed by atoms with Crippen molar-refractivity contribution in [3.8, 4) is 0 Å². The first-order chi connectivity index (χ1) is 8.02. The van der Waals surface area contributed by atoms with Crippen molar-refractivity contribution in [3.63, 3.8) is 0 Å². The molecular formula is C13H16FNO2. The number of rotatable bonds is 5. The van der Waals surface area contributed by atoms with Gasteiger partial charge in [0.2, 0.25) is 0 Å². The second kappa shape index (κ2) is 6.15. The number of benzene rings is 1. The van der Waals surface area contributed by atoms with E-state index in [2.05, 4.69) is 5.32 Å². The highest BCUT2D eigenvalue weighted by Gasteiger charge is 2.08. The zero-order valence-electron chi connectivity index (χ0n) is 9.90. The first-order valence-electron chi connectivity index (χ1n) is 5.40. The summed E-state index contributed by atoms with van der Waals surface area (Å²) in [4.78, 5) is 10.5. The van der Waals surface area contributed by atoms with Crippen LogP contribution in [0.5, 0.6) is 0 Å². The molecule has 2 N–H and O–H groups in total. The van der Waals surface area contributed by atoms with Crippen LogP contribution in [-0.4, -0.2) is 17.6 Å². The molecule has 0 aromatic heterocycles. The zero-order valence-corrected chi connectivity index (χ0v) is 9.90. The number of halogens is 1. The van der Waals surface area contributed by atoms with Crippen LogP contribution in [0.4, 0.5) is 4.39 Å². The Kier molecular flexibility index (Phi) is 4.84. The van der Waals surface area contributed by atoms with Crippen LogP contribution in [0.15, 0.2) is 35.9 Å². The number of hydrogen-bond acceptors (Lipinski definition) is 2. The van der Waals surface area contributed by atoms with Gasteiger partial charge in [0, 0.05) is 23.7 Å². The van der Waals surface area contributed by atoms with Gasteiger partial charge in [-0.15, -0.1) is 0 Å². The molecule has 1 atom stereocenters. The Bertz CT molecular complexity index is 429. The number of aliphatic carboxylic acids is 1. The van der Waals surface area contributed by atoms with Gasteiger partial charge in [0.05, 0.1) is 0 Å². The van der Waals surface area contributed by atoms with Crippen molar-refractivity contribution < 1.29 is 14.3 Å². The van der Waals surface area contributed by atoms with Gasteiger partial charge in [-0.25, -0.2) is 9.18 Å². The monoisotopic (exact) mass is 237 g/mol. The summed E-state index contributed by atoms with van der Waals surface area (Å²) in [5.41, 5.74) is 0.854. The van der Waals surface area contributed by atoms with Crippen molar-refractivity contribution in [2.24, 2.45) is 0 Å². The van der Waals surface area contributed by atoms with Crippen LogP contribution in [0.25, 0.3) is 0 Å². The summed E-state index contributed by atoms with van der Waals surface area (Å²) in [7, 11) is 0. The first-order valence-corrected chi connectivity index (χ1v) is 5.40.